The molecule has 1 aromatic rings. The molecule has 0 aromatic heterocycles. The Morgan fingerprint density at radius 2 is 1.73 bits per heavy atom. The van der Waals surface area contributed by atoms with Gasteiger partial charge in [-0.2, -0.15) is 0 Å². The topological polar surface area (TPSA) is 43.1 Å². The maximum atomic E-state index is 13.4. The first kappa shape index (κ1) is 18.4. The monoisotopic (exact) mass is 399 g/mol. The van der Waals surface area contributed by atoms with Crippen molar-refractivity contribution in [2.75, 3.05) is 0 Å². The highest BCUT2D eigenvalue weighted by molar-refractivity contribution is 7.72. The summed E-state index contributed by atoms with van der Waals surface area (Å²) in [5.74, 6) is 0.0323. The Hall–Kier alpha value is -0.919. The number of amides is 1. The molecule has 1 saturated carbocycles. The second-order valence-corrected chi connectivity index (χ2v) is 38.3. The first-order valence-electron chi connectivity index (χ1n) is 10.1. The molecule has 5 heteroatoms. The number of carbonyl (C=O) groups excluding carboxylic acids is 1. The SMILES string of the molecule is C[Si]1(C)C2(C(N)=O)CCCC2(c2cccc3c2C=CC3)[Si](C)(C)[Si]1(C)C. The molecule has 2 atom stereocenters. The number of hydrogen-bond donors (Lipinski definition) is 1. The summed E-state index contributed by atoms with van der Waals surface area (Å²) >= 11 is 0. The number of benzene rings is 1. The molecule has 1 saturated heterocycles. The normalized spacial score (nSPS) is 35.3. The Morgan fingerprint density at radius 3 is 2.38 bits per heavy atom. The lowest BCUT2D eigenvalue weighted by Gasteiger charge is -2.50. The molecule has 4 rings (SSSR count). The summed E-state index contributed by atoms with van der Waals surface area (Å²) in [6.45, 7) is 15.6. The van der Waals surface area contributed by atoms with E-state index in [4.69, 9.17) is 5.73 Å². The minimum absolute atomic E-state index is 0.0323. The standard InChI is InChI=1S/C21H33NOSi3/c1-24(2)20(18-13-8-11-16-10-7-12-17(16)18)14-9-15-21(20,19(22)23)25(3,4)26(24,5)6/h7-8,11-13H,9-10,14-15H2,1-6H3,(H2,22,23). The van der Waals surface area contributed by atoms with Crippen LogP contribution in [0.4, 0.5) is 0 Å². The van der Waals surface area contributed by atoms with Gasteiger partial charge in [0, 0.05) is 12.1 Å². The van der Waals surface area contributed by atoms with Gasteiger partial charge in [-0.25, -0.2) is 0 Å². The molecule has 140 valence electrons. The van der Waals surface area contributed by atoms with Crippen LogP contribution in [0.2, 0.25) is 44.3 Å². The van der Waals surface area contributed by atoms with E-state index >= 15 is 0 Å². The molecule has 26 heavy (non-hydrogen) atoms. The molecule has 1 aliphatic heterocycles. The molecular formula is C21H33NOSi3. The largest absolute Gasteiger partial charge is 0.369 e. The Labute approximate surface area is 160 Å². The second-order valence-electron chi connectivity index (χ2n) is 10.4. The molecule has 1 amide bonds. The molecule has 0 bridgehead atoms. The Kier molecular flexibility index (Phi) is 3.63. The zero-order chi connectivity index (χ0) is 19.2. The molecule has 2 N–H and O–H groups in total. The molecular weight excluding hydrogens is 366 g/mol. The van der Waals surface area contributed by atoms with Crippen molar-refractivity contribution < 1.29 is 4.79 Å². The van der Waals surface area contributed by atoms with Crippen LogP contribution >= 0.6 is 0 Å². The number of rotatable bonds is 2. The van der Waals surface area contributed by atoms with Crippen LogP contribution in [0.1, 0.15) is 36.0 Å². The molecule has 2 fully saturated rings. The quantitative estimate of drug-likeness (QED) is 0.717. The predicted octanol–water partition coefficient (Wildman–Crippen LogP) is 4.74. The molecule has 2 aliphatic carbocycles. The van der Waals surface area contributed by atoms with Gasteiger partial charge in [0.05, 0.1) is 15.2 Å². The van der Waals surface area contributed by atoms with Gasteiger partial charge in [0.25, 0.3) is 0 Å². The van der Waals surface area contributed by atoms with E-state index < -0.39 is 22.3 Å². The van der Waals surface area contributed by atoms with Gasteiger partial charge >= 0.3 is 0 Å². The first-order valence-corrected chi connectivity index (χ1v) is 21.1. The van der Waals surface area contributed by atoms with Gasteiger partial charge in [-0.05, 0) is 41.0 Å². The van der Waals surface area contributed by atoms with E-state index in [0.717, 1.165) is 19.3 Å². The second kappa shape index (κ2) is 5.11. The summed E-state index contributed by atoms with van der Waals surface area (Å²) in [7, 11) is -5.13. The average Bonchev–Trinajstić information content (AvgIpc) is 3.20. The van der Waals surface area contributed by atoms with Crippen molar-refractivity contribution in [3.8, 4) is 0 Å². The number of primary amides is 1. The number of fused-ring (bicyclic) bond motifs is 2. The van der Waals surface area contributed by atoms with Crippen molar-refractivity contribution >= 4 is 34.3 Å². The third-order valence-corrected chi connectivity index (χ3v) is 55.0. The summed E-state index contributed by atoms with van der Waals surface area (Å²) in [5.41, 5.74) is 10.7. The first-order chi connectivity index (χ1) is 12.0. The Balaban J connectivity index is 2.16. The van der Waals surface area contributed by atoms with Crippen LogP contribution in [0.5, 0.6) is 0 Å². The van der Waals surface area contributed by atoms with E-state index in [-0.39, 0.29) is 16.0 Å². The lowest BCUT2D eigenvalue weighted by Crippen LogP contribution is -2.68. The summed E-state index contributed by atoms with van der Waals surface area (Å²) < 4.78 is 0. The van der Waals surface area contributed by atoms with Gasteiger partial charge in [-0.1, -0.05) is 76.1 Å². The van der Waals surface area contributed by atoms with Crippen LogP contribution in [0, 0.1) is 0 Å². The third-order valence-electron chi connectivity index (χ3n) is 9.79. The maximum Gasteiger partial charge on any atom is 0.221 e. The fourth-order valence-corrected chi connectivity index (χ4v) is 51.5. The van der Waals surface area contributed by atoms with E-state index in [9.17, 15) is 4.79 Å². The van der Waals surface area contributed by atoms with Gasteiger partial charge < -0.3 is 5.73 Å². The van der Waals surface area contributed by atoms with Gasteiger partial charge in [-0.15, -0.1) is 0 Å². The number of hydrogen-bond acceptors (Lipinski definition) is 1. The summed E-state index contributed by atoms with van der Waals surface area (Å²) in [4.78, 5) is 13.4. The van der Waals surface area contributed by atoms with Crippen molar-refractivity contribution in [2.24, 2.45) is 5.73 Å². The highest BCUT2D eigenvalue weighted by Crippen LogP contribution is 2.75. The fourth-order valence-electron chi connectivity index (χ4n) is 7.59. The van der Waals surface area contributed by atoms with Crippen molar-refractivity contribution in [3.05, 3.63) is 41.0 Å². The van der Waals surface area contributed by atoms with Crippen molar-refractivity contribution in [2.45, 2.75) is 75.0 Å². The molecule has 2 nitrogen and oxygen atoms in total. The van der Waals surface area contributed by atoms with E-state index in [2.05, 4.69) is 69.6 Å². The maximum absolute atomic E-state index is 13.4. The third kappa shape index (κ3) is 1.59. The summed E-state index contributed by atoms with van der Waals surface area (Å²) in [6.07, 6.45) is 9.02. The number of nitrogens with two attached hydrogens (primary N) is 1. The van der Waals surface area contributed by atoms with Gasteiger partial charge in [0.15, 0.2) is 0 Å². The van der Waals surface area contributed by atoms with E-state index in [1.54, 1.807) is 0 Å². The van der Waals surface area contributed by atoms with Crippen LogP contribution in [0.25, 0.3) is 6.08 Å². The van der Waals surface area contributed by atoms with E-state index in [0.29, 0.717) is 0 Å². The molecule has 3 aliphatic rings. The van der Waals surface area contributed by atoms with E-state index in [1.165, 1.54) is 23.1 Å². The van der Waals surface area contributed by atoms with Crippen molar-refractivity contribution in [1.29, 1.82) is 0 Å². The van der Waals surface area contributed by atoms with Gasteiger partial charge in [-0.3, -0.25) is 4.79 Å². The van der Waals surface area contributed by atoms with E-state index in [1.807, 2.05) is 0 Å². The minimum atomic E-state index is -1.83. The summed E-state index contributed by atoms with van der Waals surface area (Å²) in [5, 5.41) is -0.214. The van der Waals surface area contributed by atoms with Crippen LogP contribution in [0.15, 0.2) is 24.3 Å². The molecule has 1 aromatic carbocycles. The smallest absolute Gasteiger partial charge is 0.221 e. The summed E-state index contributed by atoms with van der Waals surface area (Å²) in [6, 6.07) is 6.88. The average molecular weight is 400 g/mol. The van der Waals surface area contributed by atoms with Crippen molar-refractivity contribution in [3.63, 3.8) is 0 Å². The van der Waals surface area contributed by atoms with Crippen LogP contribution in [-0.4, -0.2) is 28.2 Å². The highest BCUT2D eigenvalue weighted by Gasteiger charge is 2.84. The van der Waals surface area contributed by atoms with Gasteiger partial charge in [0.2, 0.25) is 5.91 Å². The fraction of sp³-hybridized carbons (Fsp3) is 0.571. The molecule has 0 radical (unpaired) electrons. The zero-order valence-corrected chi connectivity index (χ0v) is 20.2. The lowest BCUT2D eigenvalue weighted by molar-refractivity contribution is -0.121. The number of allylic oxidation sites excluding steroid dienone is 1. The molecule has 0 spiro atoms. The Morgan fingerprint density at radius 1 is 1.04 bits per heavy atom. The van der Waals surface area contributed by atoms with Crippen LogP contribution in [0.3, 0.4) is 0 Å². The van der Waals surface area contributed by atoms with Crippen LogP contribution < -0.4 is 5.73 Å². The predicted molar refractivity (Wildman–Crippen MR) is 119 cm³/mol. The zero-order valence-electron chi connectivity index (χ0n) is 17.2. The van der Waals surface area contributed by atoms with Gasteiger partial charge in [0.1, 0.15) is 0 Å². The molecule has 1 heterocycles. The Bertz CT molecular complexity index is 842. The number of carbonyl (C=O) groups is 1. The molecule has 2 unspecified atom stereocenters. The van der Waals surface area contributed by atoms with Crippen LogP contribution in [-0.2, 0) is 16.3 Å². The van der Waals surface area contributed by atoms with Crippen molar-refractivity contribution in [1.82, 2.24) is 0 Å². The highest BCUT2D eigenvalue weighted by atomic mass is 29.6. The lowest BCUT2D eigenvalue weighted by atomic mass is 9.82. The minimum Gasteiger partial charge on any atom is -0.369 e.